The number of hydrogen-bond acceptors (Lipinski definition) is 2. The second kappa shape index (κ2) is 7.05. The Hall–Kier alpha value is -0.930. The minimum Gasteiger partial charge on any atom is -0.393 e. The third-order valence-electron chi connectivity index (χ3n) is 9.59. The van der Waals surface area contributed by atoms with Crippen LogP contribution in [-0.2, 0) is 4.79 Å². The minimum atomic E-state index is -0.111. The number of Topliss-reactive ketones (excluding diaryl/α,β-unsaturated/α-hetero) is 1. The number of fused-ring (bicyclic) bond motifs is 5. The molecule has 4 fully saturated rings. The second-order valence-electron chi connectivity index (χ2n) is 10.8. The molecule has 7 atom stereocenters. The van der Waals surface area contributed by atoms with E-state index in [9.17, 15) is 9.90 Å². The van der Waals surface area contributed by atoms with Crippen LogP contribution in [-0.4, -0.2) is 17.0 Å². The average molecular weight is 457 g/mol. The zero-order chi connectivity index (χ0) is 20.4. The zero-order valence-corrected chi connectivity index (χ0v) is 19.2. The Bertz CT molecular complexity index is 843. The third kappa shape index (κ3) is 3.10. The molecule has 2 nitrogen and oxygen atoms in total. The summed E-state index contributed by atoms with van der Waals surface area (Å²) < 4.78 is 1.07. The highest BCUT2D eigenvalue weighted by atomic mass is 79.9. The first kappa shape index (κ1) is 20.0. The summed E-state index contributed by atoms with van der Waals surface area (Å²) in [5.74, 6) is 3.01. The zero-order valence-electron chi connectivity index (χ0n) is 17.7. The maximum absolute atomic E-state index is 13.0. The highest BCUT2D eigenvalue weighted by Gasteiger charge is 2.60. The van der Waals surface area contributed by atoms with E-state index in [0.29, 0.717) is 23.5 Å². The van der Waals surface area contributed by atoms with Crippen LogP contribution in [0.15, 0.2) is 34.3 Å². The smallest absolute Gasteiger partial charge is 0.159 e. The van der Waals surface area contributed by atoms with Crippen LogP contribution in [0.25, 0.3) is 6.08 Å². The summed E-state index contributed by atoms with van der Waals surface area (Å²) in [6, 6.07) is 8.28. The molecule has 0 amide bonds. The molecule has 0 heterocycles. The first-order valence-electron chi connectivity index (χ1n) is 11.5. The molecule has 0 radical (unpaired) electrons. The molecule has 5 rings (SSSR count). The van der Waals surface area contributed by atoms with Gasteiger partial charge in [0.25, 0.3) is 0 Å². The lowest BCUT2D eigenvalue weighted by Crippen LogP contribution is -2.54. The normalized spacial score (nSPS) is 45.6. The lowest BCUT2D eigenvalue weighted by Gasteiger charge is -2.60. The van der Waals surface area contributed by atoms with Crippen molar-refractivity contribution in [2.75, 3.05) is 0 Å². The largest absolute Gasteiger partial charge is 0.393 e. The fraction of sp³-hybridized carbons (Fsp3) is 0.654. The van der Waals surface area contributed by atoms with E-state index < -0.39 is 0 Å². The van der Waals surface area contributed by atoms with Crippen molar-refractivity contribution >= 4 is 27.8 Å². The molecule has 156 valence electrons. The van der Waals surface area contributed by atoms with Crippen molar-refractivity contribution < 1.29 is 9.90 Å². The molecule has 4 aliphatic carbocycles. The van der Waals surface area contributed by atoms with Crippen LogP contribution < -0.4 is 0 Å². The Kier molecular flexibility index (Phi) is 4.86. The Morgan fingerprint density at radius 2 is 1.72 bits per heavy atom. The van der Waals surface area contributed by atoms with Crippen LogP contribution >= 0.6 is 15.9 Å². The Balaban J connectivity index is 1.45. The molecule has 1 aromatic rings. The molecule has 0 aromatic heterocycles. The van der Waals surface area contributed by atoms with Gasteiger partial charge in [0.2, 0.25) is 0 Å². The van der Waals surface area contributed by atoms with Crippen LogP contribution in [0.4, 0.5) is 0 Å². The molecule has 1 aromatic carbocycles. The molecule has 4 saturated carbocycles. The van der Waals surface area contributed by atoms with Crippen molar-refractivity contribution in [1.82, 2.24) is 0 Å². The van der Waals surface area contributed by atoms with Crippen LogP contribution in [0, 0.1) is 34.5 Å². The van der Waals surface area contributed by atoms with Crippen molar-refractivity contribution in [1.29, 1.82) is 0 Å². The minimum absolute atomic E-state index is 0.111. The van der Waals surface area contributed by atoms with Gasteiger partial charge < -0.3 is 5.11 Å². The van der Waals surface area contributed by atoms with Gasteiger partial charge in [0.1, 0.15) is 0 Å². The molecule has 3 heteroatoms. The quantitative estimate of drug-likeness (QED) is 0.495. The standard InChI is InChI=1S/C26H33BrO2/c1-25-12-11-22-20(21(25)9-10-24(25)29)8-5-18-14-23(28)17(15-26(18,22)2)13-16-3-6-19(27)7-4-16/h3-4,6-7,13,18,20-22,24,29H,5,8-12,14-15H2,1-2H3/b17-13-/t18-,20-,21-,22-,24-,25-,26-/m0/s1. The summed E-state index contributed by atoms with van der Waals surface area (Å²) in [5.41, 5.74) is 2.52. The number of carbonyl (C=O) groups is 1. The van der Waals surface area contributed by atoms with Gasteiger partial charge in [-0.3, -0.25) is 4.79 Å². The van der Waals surface area contributed by atoms with Crippen molar-refractivity contribution in [3.8, 4) is 0 Å². The van der Waals surface area contributed by atoms with Gasteiger partial charge in [0.15, 0.2) is 5.78 Å². The fourth-order valence-electron chi connectivity index (χ4n) is 7.87. The molecule has 0 aliphatic heterocycles. The molecule has 0 spiro atoms. The summed E-state index contributed by atoms with van der Waals surface area (Å²) >= 11 is 3.50. The fourth-order valence-corrected chi connectivity index (χ4v) is 8.14. The summed E-state index contributed by atoms with van der Waals surface area (Å²) in [7, 11) is 0. The second-order valence-corrected chi connectivity index (χ2v) is 11.7. The van der Waals surface area contributed by atoms with E-state index in [1.165, 1.54) is 25.7 Å². The SMILES string of the molecule is C[C@]12C/C(=C/c3ccc(Br)cc3)C(=O)C[C@@H]1CC[C@@H]1[C@@H]2CC[C@]2(C)[C@@H](O)CC[C@@H]12. The van der Waals surface area contributed by atoms with Gasteiger partial charge in [-0.15, -0.1) is 0 Å². The van der Waals surface area contributed by atoms with Gasteiger partial charge in [-0.2, -0.15) is 0 Å². The highest BCUT2D eigenvalue weighted by molar-refractivity contribution is 9.10. The Morgan fingerprint density at radius 3 is 2.48 bits per heavy atom. The van der Waals surface area contributed by atoms with Crippen molar-refractivity contribution in [3.63, 3.8) is 0 Å². The van der Waals surface area contributed by atoms with E-state index in [2.05, 4.69) is 48.0 Å². The summed E-state index contributed by atoms with van der Waals surface area (Å²) in [6.07, 6.45) is 10.7. The van der Waals surface area contributed by atoms with Crippen molar-refractivity contribution in [3.05, 3.63) is 39.9 Å². The predicted molar refractivity (Wildman–Crippen MR) is 120 cm³/mol. The summed E-state index contributed by atoms with van der Waals surface area (Å²) in [5, 5.41) is 10.7. The van der Waals surface area contributed by atoms with Gasteiger partial charge in [-0.1, -0.05) is 41.9 Å². The van der Waals surface area contributed by atoms with Crippen LogP contribution in [0.2, 0.25) is 0 Å². The number of benzene rings is 1. The van der Waals surface area contributed by atoms with E-state index in [1.54, 1.807) is 0 Å². The average Bonchev–Trinajstić information content (AvgIpc) is 3.00. The molecule has 4 aliphatic rings. The van der Waals surface area contributed by atoms with Crippen LogP contribution in [0.5, 0.6) is 0 Å². The number of halogens is 1. The lowest BCUT2D eigenvalue weighted by atomic mass is 9.45. The highest BCUT2D eigenvalue weighted by Crippen LogP contribution is 2.66. The van der Waals surface area contributed by atoms with Gasteiger partial charge >= 0.3 is 0 Å². The molecule has 29 heavy (non-hydrogen) atoms. The molecular formula is C26H33BrO2. The molecule has 0 saturated heterocycles. The molecule has 0 unspecified atom stereocenters. The van der Waals surface area contributed by atoms with E-state index in [1.807, 2.05) is 12.1 Å². The Morgan fingerprint density at radius 1 is 1.00 bits per heavy atom. The third-order valence-corrected chi connectivity index (χ3v) is 10.1. The van der Waals surface area contributed by atoms with Gasteiger partial charge in [0.05, 0.1) is 6.10 Å². The maximum Gasteiger partial charge on any atom is 0.159 e. The van der Waals surface area contributed by atoms with Crippen molar-refractivity contribution in [2.24, 2.45) is 34.5 Å². The monoisotopic (exact) mass is 456 g/mol. The maximum atomic E-state index is 13.0. The topological polar surface area (TPSA) is 37.3 Å². The number of ketones is 1. The van der Waals surface area contributed by atoms with E-state index in [0.717, 1.165) is 47.2 Å². The van der Waals surface area contributed by atoms with E-state index >= 15 is 0 Å². The number of hydrogen-bond donors (Lipinski definition) is 1. The number of carbonyl (C=O) groups excluding carboxylic acids is 1. The van der Waals surface area contributed by atoms with E-state index in [-0.39, 0.29) is 16.9 Å². The number of aliphatic hydroxyl groups excluding tert-OH is 1. The number of aliphatic hydroxyl groups is 1. The molecular weight excluding hydrogens is 424 g/mol. The number of allylic oxidation sites excluding steroid dienone is 1. The summed E-state index contributed by atoms with van der Waals surface area (Å²) in [4.78, 5) is 13.0. The van der Waals surface area contributed by atoms with Crippen LogP contribution in [0.3, 0.4) is 0 Å². The van der Waals surface area contributed by atoms with Crippen LogP contribution in [0.1, 0.15) is 70.8 Å². The molecule has 1 N–H and O–H groups in total. The first-order valence-corrected chi connectivity index (χ1v) is 12.3. The van der Waals surface area contributed by atoms with Gasteiger partial charge in [-0.25, -0.2) is 0 Å². The summed E-state index contributed by atoms with van der Waals surface area (Å²) in [6.45, 7) is 4.84. The van der Waals surface area contributed by atoms with Gasteiger partial charge in [0, 0.05) is 10.9 Å². The van der Waals surface area contributed by atoms with E-state index in [4.69, 9.17) is 0 Å². The molecule has 0 bridgehead atoms. The van der Waals surface area contributed by atoms with Crippen molar-refractivity contribution in [2.45, 2.75) is 71.3 Å². The van der Waals surface area contributed by atoms with Gasteiger partial charge in [-0.05, 0) is 109 Å². The first-order chi connectivity index (χ1) is 13.8. The predicted octanol–water partition coefficient (Wildman–Crippen LogP) is 6.42. The lowest BCUT2D eigenvalue weighted by molar-refractivity contribution is -0.134. The Labute approximate surface area is 183 Å². The number of rotatable bonds is 1.